The average molecular weight is 252 g/mol. The number of aromatic nitrogens is 3. The second-order valence-electron chi connectivity index (χ2n) is 3.83. The molecule has 5 heteroatoms. The Morgan fingerprint density at radius 1 is 1.41 bits per heavy atom. The predicted molar refractivity (Wildman–Crippen MR) is 66.6 cm³/mol. The van der Waals surface area contributed by atoms with E-state index < -0.39 is 0 Å². The second-order valence-corrected chi connectivity index (χ2v) is 4.09. The van der Waals surface area contributed by atoms with Crippen LogP contribution in [-0.4, -0.2) is 14.8 Å². The number of hydrogen-bond donors (Lipinski definition) is 0. The van der Waals surface area contributed by atoms with Crippen molar-refractivity contribution in [3.05, 3.63) is 35.3 Å². The molecule has 0 aliphatic rings. The molecule has 0 fully saturated rings. The van der Waals surface area contributed by atoms with Crippen LogP contribution in [-0.2, 0) is 12.9 Å². The van der Waals surface area contributed by atoms with Crippen LogP contribution >= 0.6 is 11.6 Å². The quantitative estimate of drug-likeness (QED) is 0.788. The summed E-state index contributed by atoms with van der Waals surface area (Å²) in [4.78, 5) is 4.19. The van der Waals surface area contributed by atoms with E-state index in [0.29, 0.717) is 11.8 Å². The lowest BCUT2D eigenvalue weighted by molar-refractivity contribution is 0.451. The maximum Gasteiger partial charge on any atom is 0.223 e. The number of hydrogen-bond acceptors (Lipinski definition) is 3. The highest BCUT2D eigenvalue weighted by Gasteiger charge is 2.13. The molecule has 0 N–H and O–H groups in total. The van der Waals surface area contributed by atoms with Crippen LogP contribution in [0.5, 0.6) is 11.6 Å². The molecular weight excluding hydrogens is 238 g/mol. The Morgan fingerprint density at radius 3 is 2.76 bits per heavy atom. The minimum atomic E-state index is 0.377. The van der Waals surface area contributed by atoms with Gasteiger partial charge < -0.3 is 4.74 Å². The Morgan fingerprint density at radius 2 is 2.18 bits per heavy atom. The molecule has 2 aromatic heterocycles. The van der Waals surface area contributed by atoms with E-state index >= 15 is 0 Å². The first-order valence-electron chi connectivity index (χ1n) is 5.31. The van der Waals surface area contributed by atoms with Crippen LogP contribution in [0.1, 0.15) is 17.0 Å². The summed E-state index contributed by atoms with van der Waals surface area (Å²) in [7, 11) is 1.88. The first-order valence-corrected chi connectivity index (χ1v) is 5.85. The van der Waals surface area contributed by atoms with Gasteiger partial charge in [0.1, 0.15) is 5.69 Å². The lowest BCUT2D eigenvalue weighted by Gasteiger charge is -2.08. The Bertz CT molecular complexity index is 537. The SMILES string of the molecule is Cc1nn(C)c(C)c1Oc1ncccc1CCl. The van der Waals surface area contributed by atoms with Crippen molar-refractivity contribution in [2.45, 2.75) is 19.7 Å². The normalized spacial score (nSPS) is 10.6. The average Bonchev–Trinajstić information content (AvgIpc) is 2.57. The molecule has 4 nitrogen and oxygen atoms in total. The molecule has 2 aromatic rings. The molecule has 0 aliphatic heterocycles. The molecule has 0 saturated heterocycles. The maximum absolute atomic E-state index is 5.84. The number of alkyl halides is 1. The Labute approximate surface area is 105 Å². The lowest BCUT2D eigenvalue weighted by Crippen LogP contribution is -1.95. The van der Waals surface area contributed by atoms with Gasteiger partial charge >= 0.3 is 0 Å². The van der Waals surface area contributed by atoms with Crippen molar-refractivity contribution in [2.75, 3.05) is 0 Å². The van der Waals surface area contributed by atoms with Crippen molar-refractivity contribution in [3.63, 3.8) is 0 Å². The van der Waals surface area contributed by atoms with Crippen molar-refractivity contribution < 1.29 is 4.74 Å². The number of pyridine rings is 1. The van der Waals surface area contributed by atoms with E-state index in [-0.39, 0.29) is 0 Å². The summed E-state index contributed by atoms with van der Waals surface area (Å²) < 4.78 is 7.59. The van der Waals surface area contributed by atoms with Crippen LogP contribution in [0.2, 0.25) is 0 Å². The second kappa shape index (κ2) is 4.75. The molecule has 0 aliphatic carbocycles. The van der Waals surface area contributed by atoms with Gasteiger partial charge in [-0.2, -0.15) is 5.10 Å². The fraction of sp³-hybridized carbons (Fsp3) is 0.333. The summed E-state index contributed by atoms with van der Waals surface area (Å²) in [5.74, 6) is 1.67. The highest BCUT2D eigenvalue weighted by atomic mass is 35.5. The standard InChI is InChI=1S/C12H14ClN3O/c1-8-11(9(2)16(3)15-8)17-12-10(7-13)5-4-6-14-12/h4-6H,7H2,1-3H3. The van der Waals surface area contributed by atoms with Gasteiger partial charge in [-0.3, -0.25) is 4.68 Å². The molecule has 0 spiro atoms. The number of halogens is 1. The number of ether oxygens (including phenoxy) is 1. The zero-order chi connectivity index (χ0) is 12.4. The van der Waals surface area contributed by atoms with Gasteiger partial charge in [0.2, 0.25) is 5.88 Å². The summed E-state index contributed by atoms with van der Waals surface area (Å²) in [5, 5.41) is 4.29. The smallest absolute Gasteiger partial charge is 0.223 e. The van der Waals surface area contributed by atoms with Gasteiger partial charge in [0.05, 0.1) is 11.6 Å². The topological polar surface area (TPSA) is 39.9 Å². The van der Waals surface area contributed by atoms with Gasteiger partial charge in [0, 0.05) is 18.8 Å². The molecule has 2 rings (SSSR count). The van der Waals surface area contributed by atoms with Gasteiger partial charge in [0.15, 0.2) is 5.75 Å². The summed E-state index contributed by atoms with van der Waals surface area (Å²) in [5.41, 5.74) is 2.68. The Hall–Kier alpha value is -1.55. The largest absolute Gasteiger partial charge is 0.435 e. The summed E-state index contributed by atoms with van der Waals surface area (Å²) in [6.07, 6.45) is 1.69. The van der Waals surface area contributed by atoms with Gasteiger partial charge in [-0.15, -0.1) is 11.6 Å². The highest BCUT2D eigenvalue weighted by Crippen LogP contribution is 2.29. The monoisotopic (exact) mass is 251 g/mol. The number of nitrogens with zero attached hydrogens (tertiary/aromatic N) is 3. The fourth-order valence-electron chi connectivity index (χ4n) is 1.62. The van der Waals surface area contributed by atoms with E-state index in [4.69, 9.17) is 16.3 Å². The molecule has 0 unspecified atom stereocenters. The molecule has 17 heavy (non-hydrogen) atoms. The summed E-state index contributed by atoms with van der Waals surface area (Å²) in [6, 6.07) is 3.74. The van der Waals surface area contributed by atoms with Gasteiger partial charge in [-0.05, 0) is 19.9 Å². The third-order valence-corrected chi connectivity index (χ3v) is 2.92. The highest BCUT2D eigenvalue weighted by molar-refractivity contribution is 6.17. The number of aryl methyl sites for hydroxylation is 2. The van der Waals surface area contributed by atoms with Crippen LogP contribution in [0.3, 0.4) is 0 Å². The Balaban J connectivity index is 2.38. The first kappa shape index (κ1) is 11.9. The van der Waals surface area contributed by atoms with Gasteiger partial charge in [-0.1, -0.05) is 6.07 Å². The van der Waals surface area contributed by atoms with Crippen LogP contribution in [0.25, 0.3) is 0 Å². The predicted octanol–water partition coefficient (Wildman–Crippen LogP) is 2.96. The molecule has 2 heterocycles. The van der Waals surface area contributed by atoms with Crippen molar-refractivity contribution in [1.82, 2.24) is 14.8 Å². The third kappa shape index (κ3) is 2.26. The van der Waals surface area contributed by atoms with E-state index in [0.717, 1.165) is 22.7 Å². The van der Waals surface area contributed by atoms with Crippen LogP contribution in [0.4, 0.5) is 0 Å². The maximum atomic E-state index is 5.84. The van der Waals surface area contributed by atoms with Crippen LogP contribution in [0, 0.1) is 13.8 Å². The lowest BCUT2D eigenvalue weighted by atomic mass is 10.3. The van der Waals surface area contributed by atoms with Gasteiger partial charge in [-0.25, -0.2) is 4.98 Å². The molecule has 0 amide bonds. The number of rotatable bonds is 3. The van der Waals surface area contributed by atoms with Crippen molar-refractivity contribution >= 4 is 11.6 Å². The molecule has 0 bridgehead atoms. The molecule has 0 atom stereocenters. The van der Waals surface area contributed by atoms with E-state index in [2.05, 4.69) is 10.1 Å². The van der Waals surface area contributed by atoms with Crippen molar-refractivity contribution in [2.24, 2.45) is 7.05 Å². The molecule has 0 saturated carbocycles. The zero-order valence-corrected chi connectivity index (χ0v) is 10.8. The minimum Gasteiger partial charge on any atom is -0.435 e. The first-order chi connectivity index (χ1) is 8.13. The van der Waals surface area contributed by atoms with Crippen LogP contribution < -0.4 is 4.74 Å². The van der Waals surface area contributed by atoms with Gasteiger partial charge in [0.25, 0.3) is 0 Å². The molecular formula is C12H14ClN3O. The van der Waals surface area contributed by atoms with E-state index in [1.165, 1.54) is 0 Å². The minimum absolute atomic E-state index is 0.377. The molecule has 0 aromatic carbocycles. The Kier molecular flexibility index (Phi) is 3.33. The molecule has 0 radical (unpaired) electrons. The zero-order valence-electron chi connectivity index (χ0n) is 10.1. The van der Waals surface area contributed by atoms with Crippen molar-refractivity contribution in [3.8, 4) is 11.6 Å². The van der Waals surface area contributed by atoms with Crippen molar-refractivity contribution in [1.29, 1.82) is 0 Å². The molecule has 90 valence electrons. The van der Waals surface area contributed by atoms with E-state index in [1.54, 1.807) is 10.9 Å². The summed E-state index contributed by atoms with van der Waals surface area (Å²) in [6.45, 7) is 3.87. The summed E-state index contributed by atoms with van der Waals surface area (Å²) >= 11 is 5.84. The van der Waals surface area contributed by atoms with E-state index in [1.807, 2.05) is 33.0 Å². The van der Waals surface area contributed by atoms with E-state index in [9.17, 15) is 0 Å². The van der Waals surface area contributed by atoms with Crippen LogP contribution in [0.15, 0.2) is 18.3 Å². The third-order valence-electron chi connectivity index (χ3n) is 2.64. The fourth-order valence-corrected chi connectivity index (χ4v) is 1.82.